The number of hydrogen-bond acceptors (Lipinski definition) is 2. The van der Waals surface area contributed by atoms with Gasteiger partial charge in [0.15, 0.2) is 5.58 Å². The summed E-state index contributed by atoms with van der Waals surface area (Å²) in [6.07, 6.45) is 0. The number of fused-ring (bicyclic) bond motifs is 5. The van der Waals surface area contributed by atoms with Crippen LogP contribution in [0.25, 0.3) is 32.7 Å². The van der Waals surface area contributed by atoms with Crippen molar-refractivity contribution in [1.29, 1.82) is 0 Å². The van der Waals surface area contributed by atoms with Gasteiger partial charge in [-0.05, 0) is 23.6 Å². The SMILES string of the molecule is Oc1cccc2cc(Cl)c3oc4ccccc4c3c12. The molecular formula is C16H9ClO2. The first-order valence-corrected chi connectivity index (χ1v) is 6.35. The third kappa shape index (κ3) is 1.38. The molecule has 0 spiro atoms. The Labute approximate surface area is 113 Å². The molecule has 0 aliphatic heterocycles. The lowest BCUT2D eigenvalue weighted by atomic mass is 10.0. The fourth-order valence-electron chi connectivity index (χ4n) is 2.61. The average Bonchev–Trinajstić information content (AvgIpc) is 2.79. The predicted molar refractivity (Wildman–Crippen MR) is 77.9 cm³/mol. The van der Waals surface area contributed by atoms with Crippen molar-refractivity contribution in [2.75, 3.05) is 0 Å². The third-order valence-electron chi connectivity index (χ3n) is 3.42. The molecule has 0 bridgehead atoms. The van der Waals surface area contributed by atoms with Crippen LogP contribution in [0.4, 0.5) is 0 Å². The van der Waals surface area contributed by atoms with E-state index in [4.69, 9.17) is 16.0 Å². The Balaban J connectivity index is 2.43. The molecule has 3 aromatic carbocycles. The normalized spacial score (nSPS) is 11.6. The van der Waals surface area contributed by atoms with E-state index >= 15 is 0 Å². The zero-order valence-electron chi connectivity index (χ0n) is 9.85. The van der Waals surface area contributed by atoms with Crippen molar-refractivity contribution in [3.05, 3.63) is 53.6 Å². The van der Waals surface area contributed by atoms with E-state index in [9.17, 15) is 5.11 Å². The van der Waals surface area contributed by atoms with Gasteiger partial charge in [0.05, 0.1) is 5.02 Å². The summed E-state index contributed by atoms with van der Waals surface area (Å²) >= 11 is 6.28. The Bertz CT molecular complexity index is 938. The van der Waals surface area contributed by atoms with Gasteiger partial charge in [0, 0.05) is 16.2 Å². The van der Waals surface area contributed by atoms with Gasteiger partial charge in [-0.3, -0.25) is 0 Å². The van der Waals surface area contributed by atoms with Crippen molar-refractivity contribution < 1.29 is 9.52 Å². The minimum atomic E-state index is 0.241. The first kappa shape index (κ1) is 10.7. The van der Waals surface area contributed by atoms with E-state index < -0.39 is 0 Å². The molecule has 0 unspecified atom stereocenters. The Kier molecular flexibility index (Phi) is 2.06. The van der Waals surface area contributed by atoms with Crippen LogP contribution in [0.1, 0.15) is 0 Å². The molecule has 0 radical (unpaired) electrons. The van der Waals surface area contributed by atoms with Gasteiger partial charge in [0.25, 0.3) is 0 Å². The largest absolute Gasteiger partial charge is 0.507 e. The molecule has 0 aliphatic rings. The molecule has 1 heterocycles. The molecule has 0 saturated carbocycles. The second-order valence-corrected chi connectivity index (χ2v) is 4.94. The van der Waals surface area contributed by atoms with Crippen molar-refractivity contribution in [1.82, 2.24) is 0 Å². The number of halogens is 1. The minimum absolute atomic E-state index is 0.241. The fraction of sp³-hybridized carbons (Fsp3) is 0. The Morgan fingerprint density at radius 2 is 1.79 bits per heavy atom. The summed E-state index contributed by atoms with van der Waals surface area (Å²) in [4.78, 5) is 0. The van der Waals surface area contributed by atoms with Gasteiger partial charge in [-0.1, -0.05) is 41.9 Å². The lowest BCUT2D eigenvalue weighted by Gasteiger charge is -2.03. The molecule has 19 heavy (non-hydrogen) atoms. The zero-order chi connectivity index (χ0) is 13.0. The van der Waals surface area contributed by atoms with Gasteiger partial charge in [-0.2, -0.15) is 0 Å². The highest BCUT2D eigenvalue weighted by Crippen LogP contribution is 2.41. The number of para-hydroxylation sites is 1. The maximum atomic E-state index is 10.2. The monoisotopic (exact) mass is 268 g/mol. The van der Waals surface area contributed by atoms with Crippen LogP contribution < -0.4 is 0 Å². The number of rotatable bonds is 0. The topological polar surface area (TPSA) is 33.4 Å². The highest BCUT2D eigenvalue weighted by atomic mass is 35.5. The second kappa shape index (κ2) is 3.65. The summed E-state index contributed by atoms with van der Waals surface area (Å²) in [5.74, 6) is 0.241. The first-order valence-electron chi connectivity index (χ1n) is 5.97. The number of phenols is 1. The van der Waals surface area contributed by atoms with Crippen LogP contribution in [0, 0.1) is 0 Å². The van der Waals surface area contributed by atoms with Crippen LogP contribution in [-0.4, -0.2) is 5.11 Å². The van der Waals surface area contributed by atoms with Crippen molar-refractivity contribution in [2.45, 2.75) is 0 Å². The first-order chi connectivity index (χ1) is 9.25. The Hall–Kier alpha value is -2.19. The summed E-state index contributed by atoms with van der Waals surface area (Å²) in [5, 5.41) is 14.2. The van der Waals surface area contributed by atoms with Crippen molar-refractivity contribution in [2.24, 2.45) is 0 Å². The highest BCUT2D eigenvalue weighted by Gasteiger charge is 2.15. The highest BCUT2D eigenvalue weighted by molar-refractivity contribution is 6.38. The average molecular weight is 269 g/mol. The van der Waals surface area contributed by atoms with E-state index in [-0.39, 0.29) is 5.75 Å². The van der Waals surface area contributed by atoms with Crippen LogP contribution in [-0.2, 0) is 0 Å². The van der Waals surface area contributed by atoms with Gasteiger partial charge < -0.3 is 9.52 Å². The Morgan fingerprint density at radius 1 is 0.947 bits per heavy atom. The van der Waals surface area contributed by atoms with E-state index in [0.717, 1.165) is 27.1 Å². The number of furan rings is 1. The molecule has 3 heteroatoms. The van der Waals surface area contributed by atoms with Gasteiger partial charge >= 0.3 is 0 Å². The predicted octanol–water partition coefficient (Wildman–Crippen LogP) is 5.10. The lowest BCUT2D eigenvalue weighted by Crippen LogP contribution is -1.77. The van der Waals surface area contributed by atoms with E-state index in [0.29, 0.717) is 10.6 Å². The van der Waals surface area contributed by atoms with Gasteiger partial charge in [0.2, 0.25) is 0 Å². The summed E-state index contributed by atoms with van der Waals surface area (Å²) in [6, 6.07) is 15.0. The fourth-order valence-corrected chi connectivity index (χ4v) is 2.86. The van der Waals surface area contributed by atoms with Crippen molar-refractivity contribution in [3.8, 4) is 5.75 Å². The van der Waals surface area contributed by atoms with E-state index in [2.05, 4.69) is 0 Å². The van der Waals surface area contributed by atoms with Gasteiger partial charge in [0.1, 0.15) is 11.3 Å². The molecule has 92 valence electrons. The molecule has 4 aromatic rings. The molecule has 4 rings (SSSR count). The molecule has 0 aliphatic carbocycles. The van der Waals surface area contributed by atoms with E-state index in [1.165, 1.54) is 0 Å². The maximum Gasteiger partial charge on any atom is 0.154 e. The van der Waals surface area contributed by atoms with Crippen LogP contribution in [0.5, 0.6) is 5.75 Å². The maximum absolute atomic E-state index is 10.2. The van der Waals surface area contributed by atoms with E-state index in [1.807, 2.05) is 42.5 Å². The standard InChI is InChI=1S/C16H9ClO2/c17-11-8-9-4-3-6-12(18)14(9)15-10-5-1-2-7-13(10)19-16(11)15/h1-8,18H. The summed E-state index contributed by atoms with van der Waals surface area (Å²) in [6.45, 7) is 0. The van der Waals surface area contributed by atoms with Gasteiger partial charge in [-0.25, -0.2) is 0 Å². The molecule has 0 fully saturated rings. The quantitative estimate of drug-likeness (QED) is 0.481. The lowest BCUT2D eigenvalue weighted by molar-refractivity contribution is 0.482. The number of benzene rings is 3. The van der Waals surface area contributed by atoms with Crippen molar-refractivity contribution in [3.63, 3.8) is 0 Å². The molecule has 0 saturated heterocycles. The molecule has 0 atom stereocenters. The molecular weight excluding hydrogens is 260 g/mol. The summed E-state index contributed by atoms with van der Waals surface area (Å²) in [7, 11) is 0. The van der Waals surface area contributed by atoms with Crippen LogP contribution in [0.3, 0.4) is 0 Å². The molecule has 1 N–H and O–H groups in total. The number of phenolic OH excluding ortho intramolecular Hbond substituents is 1. The number of hydrogen-bond donors (Lipinski definition) is 1. The molecule has 1 aromatic heterocycles. The summed E-state index contributed by atoms with van der Waals surface area (Å²) in [5.41, 5.74) is 1.40. The zero-order valence-corrected chi connectivity index (χ0v) is 10.6. The molecule has 2 nitrogen and oxygen atoms in total. The minimum Gasteiger partial charge on any atom is -0.507 e. The van der Waals surface area contributed by atoms with Crippen molar-refractivity contribution >= 4 is 44.3 Å². The smallest absolute Gasteiger partial charge is 0.154 e. The summed E-state index contributed by atoms with van der Waals surface area (Å²) < 4.78 is 5.80. The van der Waals surface area contributed by atoms with E-state index in [1.54, 1.807) is 6.07 Å². The van der Waals surface area contributed by atoms with Crippen LogP contribution in [0.2, 0.25) is 5.02 Å². The molecule has 0 amide bonds. The second-order valence-electron chi connectivity index (χ2n) is 4.54. The van der Waals surface area contributed by atoms with Crippen LogP contribution in [0.15, 0.2) is 52.9 Å². The van der Waals surface area contributed by atoms with Gasteiger partial charge in [-0.15, -0.1) is 0 Å². The van der Waals surface area contributed by atoms with Crippen LogP contribution >= 0.6 is 11.6 Å². The third-order valence-corrected chi connectivity index (χ3v) is 3.70. The number of aromatic hydroxyl groups is 1. The Morgan fingerprint density at radius 3 is 2.68 bits per heavy atom.